The minimum Gasteiger partial charge on any atom is -0.497 e. The van der Waals surface area contributed by atoms with Crippen molar-refractivity contribution in [2.24, 2.45) is 0 Å². The fourth-order valence-corrected chi connectivity index (χ4v) is 5.25. The summed E-state index contributed by atoms with van der Waals surface area (Å²) in [5.74, 6) is 0.958. The molecule has 12 heteroatoms. The molecular formula is C26H29N3O8S. The molecule has 0 bridgehead atoms. The lowest BCUT2D eigenvalue weighted by molar-refractivity contribution is -0.385. The Morgan fingerprint density at radius 1 is 0.974 bits per heavy atom. The van der Waals surface area contributed by atoms with Crippen LogP contribution in [0.1, 0.15) is 24.1 Å². The van der Waals surface area contributed by atoms with Crippen LogP contribution in [0.2, 0.25) is 0 Å². The highest BCUT2D eigenvalue weighted by atomic mass is 32.2. The third kappa shape index (κ3) is 6.14. The fraction of sp³-hybridized carbons (Fsp3) is 0.269. The fourth-order valence-electron chi connectivity index (χ4n) is 3.81. The van der Waals surface area contributed by atoms with E-state index < -0.39 is 33.4 Å². The minimum absolute atomic E-state index is 0.177. The zero-order chi connectivity index (χ0) is 28.0. The van der Waals surface area contributed by atoms with Gasteiger partial charge in [-0.05, 0) is 62.4 Å². The lowest BCUT2D eigenvalue weighted by Gasteiger charge is -2.25. The number of rotatable bonds is 11. The maximum Gasteiger partial charge on any atom is 0.273 e. The first-order valence-corrected chi connectivity index (χ1v) is 12.9. The molecule has 0 aromatic heterocycles. The highest BCUT2D eigenvalue weighted by molar-refractivity contribution is 7.92. The predicted octanol–water partition coefficient (Wildman–Crippen LogP) is 4.00. The number of sulfonamides is 1. The van der Waals surface area contributed by atoms with Gasteiger partial charge in [-0.3, -0.25) is 19.2 Å². The molecule has 3 aromatic rings. The van der Waals surface area contributed by atoms with E-state index >= 15 is 0 Å². The third-order valence-corrected chi connectivity index (χ3v) is 7.66. The number of ether oxygens (including phenoxy) is 3. The molecule has 38 heavy (non-hydrogen) atoms. The van der Waals surface area contributed by atoms with Gasteiger partial charge in [0.1, 0.15) is 23.8 Å². The van der Waals surface area contributed by atoms with E-state index in [1.54, 1.807) is 37.3 Å². The molecule has 0 fully saturated rings. The molecule has 0 saturated heterocycles. The quantitative estimate of drug-likeness (QED) is 0.283. The molecule has 0 spiro atoms. The third-order valence-electron chi connectivity index (χ3n) is 5.89. The van der Waals surface area contributed by atoms with Crippen LogP contribution in [-0.2, 0) is 14.8 Å². The number of amides is 1. The maximum absolute atomic E-state index is 13.7. The molecular weight excluding hydrogens is 514 g/mol. The Labute approximate surface area is 221 Å². The van der Waals surface area contributed by atoms with Crippen molar-refractivity contribution in [1.29, 1.82) is 0 Å². The van der Waals surface area contributed by atoms with E-state index in [2.05, 4.69) is 5.32 Å². The average Bonchev–Trinajstić information content (AvgIpc) is 2.91. The highest BCUT2D eigenvalue weighted by Crippen LogP contribution is 2.31. The topological polar surface area (TPSA) is 137 Å². The lowest BCUT2D eigenvalue weighted by atomic mass is 10.1. The van der Waals surface area contributed by atoms with Crippen LogP contribution in [0.25, 0.3) is 0 Å². The first-order valence-electron chi connectivity index (χ1n) is 11.4. The van der Waals surface area contributed by atoms with Crippen molar-refractivity contribution < 1.29 is 32.3 Å². The molecule has 0 aliphatic rings. The number of methoxy groups -OCH3 is 3. The molecule has 1 atom stereocenters. The van der Waals surface area contributed by atoms with Gasteiger partial charge in [0.05, 0.1) is 42.9 Å². The second kappa shape index (κ2) is 11.8. The highest BCUT2D eigenvalue weighted by Gasteiger charge is 2.30. The van der Waals surface area contributed by atoms with E-state index in [1.165, 1.54) is 52.5 Å². The number of anilines is 1. The predicted molar refractivity (Wildman–Crippen MR) is 141 cm³/mol. The lowest BCUT2D eigenvalue weighted by Crippen LogP contribution is -2.41. The van der Waals surface area contributed by atoms with Gasteiger partial charge in [0.25, 0.3) is 15.7 Å². The molecule has 0 aliphatic heterocycles. The number of hydrogen-bond donors (Lipinski definition) is 1. The van der Waals surface area contributed by atoms with Crippen LogP contribution < -0.4 is 23.8 Å². The largest absolute Gasteiger partial charge is 0.497 e. The van der Waals surface area contributed by atoms with Crippen molar-refractivity contribution >= 4 is 27.3 Å². The van der Waals surface area contributed by atoms with E-state index in [0.717, 1.165) is 10.4 Å². The van der Waals surface area contributed by atoms with Crippen molar-refractivity contribution in [2.45, 2.75) is 24.8 Å². The van der Waals surface area contributed by atoms with Crippen LogP contribution in [0.15, 0.2) is 65.6 Å². The summed E-state index contributed by atoms with van der Waals surface area (Å²) >= 11 is 0. The van der Waals surface area contributed by atoms with Crippen LogP contribution in [0.4, 0.5) is 11.4 Å². The number of carbonyl (C=O) groups is 1. The monoisotopic (exact) mass is 543 g/mol. The summed E-state index contributed by atoms with van der Waals surface area (Å²) in [6.07, 6.45) is 0. The Morgan fingerprint density at radius 2 is 1.61 bits per heavy atom. The molecule has 3 aromatic carbocycles. The number of aryl methyl sites for hydroxylation is 1. The summed E-state index contributed by atoms with van der Waals surface area (Å²) in [7, 11) is 0.100. The number of benzene rings is 3. The van der Waals surface area contributed by atoms with Gasteiger partial charge in [0.15, 0.2) is 0 Å². The van der Waals surface area contributed by atoms with Gasteiger partial charge in [-0.15, -0.1) is 0 Å². The number of nitro benzene ring substituents is 1. The maximum atomic E-state index is 13.7. The Kier molecular flexibility index (Phi) is 8.79. The first-order chi connectivity index (χ1) is 18.0. The first kappa shape index (κ1) is 28.3. The van der Waals surface area contributed by atoms with E-state index in [9.17, 15) is 23.3 Å². The molecule has 0 aliphatic carbocycles. The number of carbonyl (C=O) groups excluding carboxylic acids is 1. The summed E-state index contributed by atoms with van der Waals surface area (Å²) in [6.45, 7) is 2.65. The normalized spacial score (nSPS) is 11.8. The standard InChI is InChI=1S/C26H29N3O8S/c1-17-6-12-22(15-24(17)29(31)32)38(33,34)28(19-7-9-20(35-3)10-8-19)16-26(30)27-18(2)23-14-21(36-4)11-13-25(23)37-5/h6-15,18H,16H2,1-5H3,(H,27,30)/t18-/m1/s1. The number of hydrogen-bond acceptors (Lipinski definition) is 8. The zero-order valence-corrected chi connectivity index (χ0v) is 22.4. The summed E-state index contributed by atoms with van der Waals surface area (Å²) in [6, 6.07) is 14.3. The molecule has 0 radical (unpaired) electrons. The van der Waals surface area contributed by atoms with Crippen LogP contribution >= 0.6 is 0 Å². The molecule has 0 heterocycles. The van der Waals surface area contributed by atoms with E-state index in [-0.39, 0.29) is 16.3 Å². The SMILES string of the molecule is COc1ccc(N(CC(=O)N[C@H](C)c2cc(OC)ccc2OC)S(=O)(=O)c2ccc(C)c([N+](=O)[O-])c2)cc1. The van der Waals surface area contributed by atoms with Crippen molar-refractivity contribution in [1.82, 2.24) is 5.32 Å². The van der Waals surface area contributed by atoms with Crippen molar-refractivity contribution in [3.63, 3.8) is 0 Å². The summed E-state index contributed by atoms with van der Waals surface area (Å²) in [5.41, 5.74) is 0.775. The van der Waals surface area contributed by atoms with Gasteiger partial charge in [0.2, 0.25) is 5.91 Å². The Bertz CT molecular complexity index is 1420. The molecule has 1 N–H and O–H groups in total. The number of nitro groups is 1. The number of nitrogens with one attached hydrogen (secondary N) is 1. The summed E-state index contributed by atoms with van der Waals surface area (Å²) in [5, 5.41) is 14.2. The Balaban J connectivity index is 1.98. The van der Waals surface area contributed by atoms with Gasteiger partial charge in [-0.2, -0.15) is 0 Å². The van der Waals surface area contributed by atoms with E-state index in [0.29, 0.717) is 28.4 Å². The van der Waals surface area contributed by atoms with Crippen LogP contribution in [0, 0.1) is 17.0 Å². The van der Waals surface area contributed by atoms with Crippen molar-refractivity contribution in [2.75, 3.05) is 32.2 Å². The van der Waals surface area contributed by atoms with Crippen molar-refractivity contribution in [3.8, 4) is 17.2 Å². The van der Waals surface area contributed by atoms with Crippen molar-refractivity contribution in [3.05, 3.63) is 81.9 Å². The molecule has 0 saturated carbocycles. The summed E-state index contributed by atoms with van der Waals surface area (Å²) < 4.78 is 44.1. The Morgan fingerprint density at radius 3 is 2.18 bits per heavy atom. The molecule has 3 rings (SSSR count). The Hall–Kier alpha value is -4.32. The van der Waals surface area contributed by atoms with Crippen LogP contribution in [0.5, 0.6) is 17.2 Å². The summed E-state index contributed by atoms with van der Waals surface area (Å²) in [4.78, 5) is 23.6. The van der Waals surface area contributed by atoms with Gasteiger partial charge >= 0.3 is 0 Å². The average molecular weight is 544 g/mol. The van der Waals surface area contributed by atoms with Gasteiger partial charge in [-0.25, -0.2) is 8.42 Å². The van der Waals surface area contributed by atoms with E-state index in [1.807, 2.05) is 0 Å². The number of nitrogens with zero attached hydrogens (tertiary/aromatic N) is 2. The van der Waals surface area contributed by atoms with Gasteiger partial charge < -0.3 is 19.5 Å². The molecule has 11 nitrogen and oxygen atoms in total. The smallest absolute Gasteiger partial charge is 0.273 e. The van der Waals surface area contributed by atoms with Crippen LogP contribution in [-0.4, -0.2) is 47.1 Å². The second-order valence-corrected chi connectivity index (χ2v) is 10.2. The van der Waals surface area contributed by atoms with E-state index in [4.69, 9.17) is 14.2 Å². The molecule has 0 unspecified atom stereocenters. The van der Waals surface area contributed by atoms with Gasteiger partial charge in [0, 0.05) is 17.2 Å². The zero-order valence-electron chi connectivity index (χ0n) is 21.6. The molecule has 202 valence electrons. The van der Waals surface area contributed by atoms with Gasteiger partial charge in [-0.1, -0.05) is 6.07 Å². The minimum atomic E-state index is -4.38. The van der Waals surface area contributed by atoms with Crippen LogP contribution in [0.3, 0.4) is 0 Å². The second-order valence-electron chi connectivity index (χ2n) is 8.31. The molecule has 1 amide bonds.